The minimum Gasteiger partial charge on any atom is -0.310 e. The van der Waals surface area contributed by atoms with Gasteiger partial charge >= 0.3 is 0 Å². The Morgan fingerprint density at radius 3 is 1.92 bits per heavy atom. The van der Waals surface area contributed by atoms with Crippen molar-refractivity contribution in [1.29, 1.82) is 0 Å². The van der Waals surface area contributed by atoms with E-state index in [-0.39, 0.29) is 45.5 Å². The molecule has 9 aromatic rings. The maximum Gasteiger partial charge on any atom is 0.0714 e. The van der Waals surface area contributed by atoms with E-state index >= 15 is 0 Å². The van der Waals surface area contributed by atoms with Crippen molar-refractivity contribution in [2.45, 2.75) is 5.41 Å². The molecule has 0 amide bonds. The van der Waals surface area contributed by atoms with Crippen molar-refractivity contribution in [2.24, 2.45) is 0 Å². The van der Waals surface area contributed by atoms with E-state index in [9.17, 15) is 8.22 Å². The number of rotatable bonds is 6. The largest absolute Gasteiger partial charge is 0.310 e. The highest BCUT2D eigenvalue weighted by Crippen LogP contribution is 2.57. The molecule has 10 rings (SSSR count). The number of nitrogens with zero attached hydrogens (tertiary/aromatic N) is 1. The lowest BCUT2D eigenvalue weighted by atomic mass is 9.67. The van der Waals surface area contributed by atoms with Crippen LogP contribution < -0.4 is 4.90 Å². The Hall–Kier alpha value is -6.70. The molecule has 1 aliphatic carbocycles. The van der Waals surface area contributed by atoms with Gasteiger partial charge in [-0.3, -0.25) is 0 Å². The molecule has 0 bridgehead atoms. The minimum atomic E-state index is -0.924. The fraction of sp³-hybridized carbons (Fsp3) is 0.0196. The van der Waals surface area contributed by atoms with Crippen LogP contribution in [0, 0.1) is 0 Å². The molecule has 0 aromatic heterocycles. The summed E-state index contributed by atoms with van der Waals surface area (Å²) in [5, 5.41) is 1.20. The summed E-state index contributed by atoms with van der Waals surface area (Å²) in [6.45, 7) is 0. The Labute approximate surface area is 320 Å². The van der Waals surface area contributed by atoms with Gasteiger partial charge in [0.05, 0.1) is 26.2 Å². The monoisotopic (exact) mass is 672 g/mol. The highest BCUT2D eigenvalue weighted by Gasteiger charge is 2.46. The van der Waals surface area contributed by atoms with Gasteiger partial charge in [0.25, 0.3) is 0 Å². The van der Waals surface area contributed by atoms with E-state index in [2.05, 4.69) is 36.4 Å². The third-order valence-corrected chi connectivity index (χ3v) is 10.1. The van der Waals surface area contributed by atoms with Crippen LogP contribution in [0.1, 0.15) is 37.3 Å². The van der Waals surface area contributed by atoms with Crippen LogP contribution in [0.5, 0.6) is 0 Å². The van der Waals surface area contributed by atoms with Crippen LogP contribution in [0.2, 0.25) is 0 Å². The van der Waals surface area contributed by atoms with E-state index in [4.69, 9.17) is 6.85 Å². The van der Waals surface area contributed by atoms with Crippen molar-refractivity contribution in [3.8, 4) is 22.3 Å². The SMILES string of the molecule is [2H]c1c([2H])c(-c2ccc3ccccc3c2)c([2H])c(N(c2ccc3c(c2)C(c2ccccc2)(c2ccccc2)c2ccccc2-3)c2c([2H])c([2H])c([2H])c3c([2H])c([2H])c([2H])c([2H])c23)c1[2H]. The van der Waals surface area contributed by atoms with E-state index in [0.717, 1.165) is 44.2 Å². The molecule has 1 heteroatoms. The minimum absolute atomic E-state index is 0.0409. The number of anilines is 3. The van der Waals surface area contributed by atoms with Gasteiger partial charge in [-0.05, 0) is 97.0 Å². The molecule has 0 radical (unpaired) electrons. The zero-order valence-corrected chi connectivity index (χ0v) is 27.8. The lowest BCUT2D eigenvalue weighted by Gasteiger charge is -2.35. The molecule has 0 spiro atoms. The van der Waals surface area contributed by atoms with Crippen LogP contribution >= 0.6 is 0 Å². The Morgan fingerprint density at radius 2 is 1.10 bits per heavy atom. The quantitative estimate of drug-likeness (QED) is 0.170. The van der Waals surface area contributed by atoms with E-state index in [1.165, 1.54) is 4.90 Å². The maximum atomic E-state index is 9.99. The summed E-state index contributed by atoms with van der Waals surface area (Å²) in [6, 6.07) is 40.9. The Bertz CT molecular complexity index is 3320. The summed E-state index contributed by atoms with van der Waals surface area (Å²) in [4.78, 5) is 1.37. The molecule has 0 saturated heterocycles. The number of fused-ring (bicyclic) bond motifs is 5. The van der Waals surface area contributed by atoms with Gasteiger partial charge in [-0.25, -0.2) is 0 Å². The average molecular weight is 673 g/mol. The van der Waals surface area contributed by atoms with Crippen LogP contribution in [0.25, 0.3) is 43.8 Å². The number of benzene rings is 9. The average Bonchev–Trinajstić information content (AvgIpc) is 3.61. The lowest BCUT2D eigenvalue weighted by molar-refractivity contribution is 0.768. The fourth-order valence-electron chi connectivity index (χ4n) is 7.84. The smallest absolute Gasteiger partial charge is 0.0714 e. The second kappa shape index (κ2) is 12.3. The van der Waals surface area contributed by atoms with Crippen LogP contribution in [-0.4, -0.2) is 0 Å². The molecule has 52 heavy (non-hydrogen) atoms. The van der Waals surface area contributed by atoms with Crippen molar-refractivity contribution in [3.63, 3.8) is 0 Å². The maximum absolute atomic E-state index is 9.99. The van der Waals surface area contributed by atoms with Crippen molar-refractivity contribution in [3.05, 3.63) is 234 Å². The molecule has 0 aliphatic heterocycles. The summed E-state index contributed by atoms with van der Waals surface area (Å²) in [7, 11) is 0. The molecule has 1 aliphatic rings. The molecule has 1 nitrogen and oxygen atoms in total. The van der Waals surface area contributed by atoms with Gasteiger partial charge in [-0.15, -0.1) is 0 Å². The summed E-state index contributed by atoms with van der Waals surface area (Å²) in [5.41, 5.74) is 4.89. The summed E-state index contributed by atoms with van der Waals surface area (Å²) < 4.78 is 101. The van der Waals surface area contributed by atoms with Crippen LogP contribution in [0.3, 0.4) is 0 Å². The molecule has 0 fully saturated rings. The van der Waals surface area contributed by atoms with Gasteiger partial charge < -0.3 is 4.90 Å². The standard InChI is InChI=1S/C51H35N/c1-3-20-41(21-4-1)51(42-22-5-2-6-23-42)48-27-12-11-26-46(48)47-32-31-44(35-49(47)51)52(50-28-14-18-37-16-9-10-25-45(37)50)43-24-13-19-39(34-43)40-30-29-36-15-7-8-17-38(36)33-40/h1-35H/i9D,10D,13D,14D,16D,18D,19D,24D,25D,28D,34D. The third-order valence-electron chi connectivity index (χ3n) is 10.1. The summed E-state index contributed by atoms with van der Waals surface area (Å²) >= 11 is 0. The highest BCUT2D eigenvalue weighted by molar-refractivity contribution is 6.00. The van der Waals surface area contributed by atoms with Crippen molar-refractivity contribution >= 4 is 38.6 Å². The van der Waals surface area contributed by atoms with Gasteiger partial charge in [0.15, 0.2) is 0 Å². The molecule has 0 N–H and O–H groups in total. The number of hydrogen-bond acceptors (Lipinski definition) is 1. The van der Waals surface area contributed by atoms with Crippen LogP contribution in [0.4, 0.5) is 17.1 Å². The van der Waals surface area contributed by atoms with Crippen molar-refractivity contribution in [1.82, 2.24) is 0 Å². The second-order valence-electron chi connectivity index (χ2n) is 12.9. The Morgan fingerprint density at radius 1 is 0.423 bits per heavy atom. The normalized spacial score (nSPS) is 15.7. The van der Waals surface area contributed by atoms with Gasteiger partial charge in [0, 0.05) is 16.8 Å². The highest BCUT2D eigenvalue weighted by atomic mass is 15.1. The molecule has 0 saturated carbocycles. The van der Waals surface area contributed by atoms with Crippen molar-refractivity contribution < 1.29 is 15.1 Å². The van der Waals surface area contributed by atoms with Gasteiger partial charge in [-0.1, -0.05) is 176 Å². The van der Waals surface area contributed by atoms with E-state index in [1.807, 2.05) is 97.1 Å². The first-order valence-corrected chi connectivity index (χ1v) is 17.1. The van der Waals surface area contributed by atoms with E-state index < -0.39 is 59.8 Å². The van der Waals surface area contributed by atoms with E-state index in [0.29, 0.717) is 5.56 Å². The first-order valence-electron chi connectivity index (χ1n) is 22.6. The summed E-state index contributed by atoms with van der Waals surface area (Å²) in [5.74, 6) is 0. The van der Waals surface area contributed by atoms with Crippen LogP contribution in [-0.2, 0) is 5.41 Å². The predicted molar refractivity (Wildman–Crippen MR) is 219 cm³/mol. The van der Waals surface area contributed by atoms with Crippen molar-refractivity contribution in [2.75, 3.05) is 4.90 Å². The van der Waals surface area contributed by atoms with Crippen LogP contribution in [0.15, 0.2) is 212 Å². The Balaban J connectivity index is 1.38. The first-order chi connectivity index (χ1) is 30.4. The molecule has 0 heterocycles. The number of hydrogen-bond donors (Lipinski definition) is 0. The second-order valence-corrected chi connectivity index (χ2v) is 12.9. The Kier molecular flexibility index (Phi) is 4.92. The predicted octanol–water partition coefficient (Wildman–Crippen LogP) is 13.5. The summed E-state index contributed by atoms with van der Waals surface area (Å²) in [6.07, 6.45) is 0. The lowest BCUT2D eigenvalue weighted by Crippen LogP contribution is -2.28. The van der Waals surface area contributed by atoms with E-state index in [1.54, 1.807) is 12.1 Å². The van der Waals surface area contributed by atoms with Gasteiger partial charge in [-0.2, -0.15) is 0 Å². The molecule has 244 valence electrons. The molecule has 0 atom stereocenters. The van der Waals surface area contributed by atoms with Gasteiger partial charge in [0.1, 0.15) is 0 Å². The fourth-order valence-corrected chi connectivity index (χ4v) is 7.84. The molecular weight excluding hydrogens is 627 g/mol. The molecule has 0 unspecified atom stereocenters. The zero-order chi connectivity index (χ0) is 44.1. The van der Waals surface area contributed by atoms with Gasteiger partial charge in [0.2, 0.25) is 0 Å². The third kappa shape index (κ3) is 4.71. The molecule has 9 aromatic carbocycles. The zero-order valence-electron chi connectivity index (χ0n) is 38.8. The first kappa shape index (κ1) is 20.8. The topological polar surface area (TPSA) is 3.24 Å². The molecular formula is C51H35N.